The van der Waals surface area contributed by atoms with Gasteiger partial charge in [0.25, 0.3) is 0 Å². The Morgan fingerprint density at radius 2 is 1.65 bits per heavy atom. The number of halogens is 1. The molecule has 0 spiro atoms. The third-order valence-corrected chi connectivity index (χ3v) is 3.39. The normalized spacial score (nSPS) is 11.2. The zero-order valence-corrected chi connectivity index (χ0v) is 13.7. The van der Waals surface area contributed by atoms with Gasteiger partial charge in [-0.1, -0.05) is 25.4 Å². The third-order valence-electron chi connectivity index (χ3n) is 3.02. The molecule has 0 atom stereocenters. The fraction of sp³-hybridized carbons (Fsp3) is 0.714. The molecular weight excluding hydrogens is 278 g/mol. The molecule has 0 aliphatic rings. The highest BCUT2D eigenvalue weighted by Crippen LogP contribution is 2.25. The van der Waals surface area contributed by atoms with E-state index in [9.17, 15) is 0 Å². The van der Waals surface area contributed by atoms with Crippen molar-refractivity contribution in [3.63, 3.8) is 0 Å². The van der Waals surface area contributed by atoms with Gasteiger partial charge in [-0.3, -0.25) is 0 Å². The molecule has 0 unspecified atom stereocenters. The van der Waals surface area contributed by atoms with E-state index in [4.69, 9.17) is 21.1 Å². The second kappa shape index (κ2) is 8.39. The van der Waals surface area contributed by atoms with Gasteiger partial charge in [0.1, 0.15) is 16.8 Å². The summed E-state index contributed by atoms with van der Waals surface area (Å²) in [7, 11) is 3.38. The molecule has 6 heteroatoms. The molecule has 1 rings (SSSR count). The lowest BCUT2D eigenvalue weighted by atomic mass is 10.2. The first-order valence-electron chi connectivity index (χ1n) is 6.78. The fourth-order valence-electron chi connectivity index (χ4n) is 1.79. The van der Waals surface area contributed by atoms with E-state index < -0.39 is 0 Å². The van der Waals surface area contributed by atoms with Crippen molar-refractivity contribution < 1.29 is 9.47 Å². The van der Waals surface area contributed by atoms with Gasteiger partial charge in [-0.15, -0.1) is 0 Å². The molecule has 0 radical (unpaired) electrons. The lowest BCUT2D eigenvalue weighted by Crippen LogP contribution is -2.32. The monoisotopic (exact) mass is 301 g/mol. The third kappa shape index (κ3) is 4.58. The van der Waals surface area contributed by atoms with Crippen LogP contribution < -0.4 is 4.90 Å². The van der Waals surface area contributed by atoms with Crippen molar-refractivity contribution in [3.05, 3.63) is 16.5 Å². The van der Waals surface area contributed by atoms with Crippen LogP contribution in [0, 0.1) is 6.92 Å². The Bertz CT molecular complexity index is 419. The van der Waals surface area contributed by atoms with Gasteiger partial charge in [0.05, 0.1) is 13.2 Å². The van der Waals surface area contributed by atoms with E-state index in [1.807, 2.05) is 6.92 Å². The predicted molar refractivity (Wildman–Crippen MR) is 81.8 cm³/mol. The first-order chi connectivity index (χ1) is 9.51. The van der Waals surface area contributed by atoms with E-state index >= 15 is 0 Å². The molecule has 20 heavy (non-hydrogen) atoms. The zero-order chi connectivity index (χ0) is 15.1. The molecular formula is C14H24ClN3O2. The second-order valence-electron chi connectivity index (χ2n) is 4.95. The van der Waals surface area contributed by atoms with Gasteiger partial charge in [0.2, 0.25) is 0 Å². The van der Waals surface area contributed by atoms with Crippen molar-refractivity contribution in [2.45, 2.75) is 26.7 Å². The molecule has 0 saturated heterocycles. The highest BCUT2D eigenvalue weighted by atomic mass is 35.5. The molecule has 1 aromatic rings. The Balaban J connectivity index is 3.09. The minimum Gasteiger partial charge on any atom is -0.383 e. The van der Waals surface area contributed by atoms with Crippen LogP contribution in [0.1, 0.15) is 31.2 Å². The van der Waals surface area contributed by atoms with Crippen molar-refractivity contribution in [2.75, 3.05) is 45.4 Å². The van der Waals surface area contributed by atoms with Crippen molar-refractivity contribution in [1.29, 1.82) is 0 Å². The van der Waals surface area contributed by atoms with Gasteiger partial charge in [0, 0.05) is 38.8 Å². The maximum atomic E-state index is 6.23. The average Bonchev–Trinajstić information content (AvgIpc) is 2.42. The Labute approximate surface area is 126 Å². The standard InChI is InChI=1S/C14H24ClN3O2/c1-10(2)13-16-12(15)11(3)14(17-13)18(6-8-19-4)7-9-20-5/h10H,6-9H2,1-5H3. The Hall–Kier alpha value is -0.910. The SMILES string of the molecule is COCCN(CCOC)c1nc(C(C)C)nc(Cl)c1C. The molecule has 0 fully saturated rings. The van der Waals surface area contributed by atoms with E-state index in [1.54, 1.807) is 14.2 Å². The molecule has 0 aliphatic carbocycles. The van der Waals surface area contributed by atoms with E-state index in [2.05, 4.69) is 28.7 Å². The molecule has 5 nitrogen and oxygen atoms in total. The summed E-state index contributed by atoms with van der Waals surface area (Å²) in [6.07, 6.45) is 0. The number of rotatable bonds is 8. The number of hydrogen-bond donors (Lipinski definition) is 0. The van der Waals surface area contributed by atoms with Crippen LogP contribution >= 0.6 is 11.6 Å². The van der Waals surface area contributed by atoms with Gasteiger partial charge >= 0.3 is 0 Å². The summed E-state index contributed by atoms with van der Waals surface area (Å²) in [5.41, 5.74) is 0.892. The maximum absolute atomic E-state index is 6.23. The summed E-state index contributed by atoms with van der Waals surface area (Å²) >= 11 is 6.23. The minimum absolute atomic E-state index is 0.235. The van der Waals surface area contributed by atoms with Crippen LogP contribution in [0.25, 0.3) is 0 Å². The van der Waals surface area contributed by atoms with Gasteiger partial charge in [-0.25, -0.2) is 9.97 Å². The molecule has 0 amide bonds. The second-order valence-corrected chi connectivity index (χ2v) is 5.31. The van der Waals surface area contributed by atoms with E-state index in [1.165, 1.54) is 0 Å². The summed E-state index contributed by atoms with van der Waals surface area (Å²) in [4.78, 5) is 11.1. The molecule has 0 N–H and O–H groups in total. The van der Waals surface area contributed by atoms with Crippen LogP contribution in [0.3, 0.4) is 0 Å². The summed E-state index contributed by atoms with van der Waals surface area (Å²) in [6.45, 7) is 8.79. The van der Waals surface area contributed by atoms with E-state index in [0.29, 0.717) is 18.4 Å². The fourth-order valence-corrected chi connectivity index (χ4v) is 1.96. The highest BCUT2D eigenvalue weighted by Gasteiger charge is 2.17. The lowest BCUT2D eigenvalue weighted by molar-refractivity contribution is 0.190. The topological polar surface area (TPSA) is 47.5 Å². The molecule has 114 valence electrons. The van der Waals surface area contributed by atoms with Crippen LogP contribution in [0.5, 0.6) is 0 Å². The Morgan fingerprint density at radius 3 is 2.10 bits per heavy atom. The number of aromatic nitrogens is 2. The molecule has 0 aromatic carbocycles. The highest BCUT2D eigenvalue weighted by molar-refractivity contribution is 6.30. The number of ether oxygens (including phenoxy) is 2. The first kappa shape index (κ1) is 17.1. The Morgan fingerprint density at radius 1 is 1.10 bits per heavy atom. The zero-order valence-electron chi connectivity index (χ0n) is 12.9. The first-order valence-corrected chi connectivity index (χ1v) is 7.15. The van der Waals surface area contributed by atoms with Gasteiger partial charge < -0.3 is 14.4 Å². The van der Waals surface area contributed by atoms with E-state index in [-0.39, 0.29) is 5.92 Å². The van der Waals surface area contributed by atoms with Crippen molar-refractivity contribution in [1.82, 2.24) is 9.97 Å². The number of hydrogen-bond acceptors (Lipinski definition) is 5. The van der Waals surface area contributed by atoms with Crippen LogP contribution in [-0.2, 0) is 9.47 Å². The summed E-state index contributed by atoms with van der Waals surface area (Å²) in [5, 5.41) is 0.513. The van der Waals surface area contributed by atoms with Crippen LogP contribution in [0.15, 0.2) is 0 Å². The molecule has 0 aliphatic heterocycles. The minimum atomic E-state index is 0.235. The van der Waals surface area contributed by atoms with Gasteiger partial charge in [0.15, 0.2) is 0 Å². The maximum Gasteiger partial charge on any atom is 0.137 e. The molecule has 0 bridgehead atoms. The lowest BCUT2D eigenvalue weighted by Gasteiger charge is -2.25. The van der Waals surface area contributed by atoms with Gasteiger partial charge in [-0.2, -0.15) is 0 Å². The smallest absolute Gasteiger partial charge is 0.137 e. The quantitative estimate of drug-likeness (QED) is 0.691. The number of anilines is 1. The number of nitrogens with zero attached hydrogens (tertiary/aromatic N) is 3. The Kier molecular flexibility index (Phi) is 7.19. The summed E-state index contributed by atoms with van der Waals surface area (Å²) in [5.74, 6) is 1.86. The van der Waals surface area contributed by atoms with E-state index in [0.717, 1.165) is 30.3 Å². The van der Waals surface area contributed by atoms with Gasteiger partial charge in [-0.05, 0) is 6.92 Å². The predicted octanol–water partition coefficient (Wildman–Crippen LogP) is 2.66. The molecule has 1 heterocycles. The van der Waals surface area contributed by atoms with Crippen LogP contribution in [0.2, 0.25) is 5.15 Å². The average molecular weight is 302 g/mol. The number of methoxy groups -OCH3 is 2. The van der Waals surface area contributed by atoms with Crippen LogP contribution in [0.4, 0.5) is 5.82 Å². The summed E-state index contributed by atoms with van der Waals surface area (Å²) in [6, 6.07) is 0. The molecule has 1 aromatic heterocycles. The van der Waals surface area contributed by atoms with Crippen molar-refractivity contribution >= 4 is 17.4 Å². The molecule has 0 saturated carbocycles. The van der Waals surface area contributed by atoms with Crippen molar-refractivity contribution in [3.8, 4) is 0 Å². The van der Waals surface area contributed by atoms with Crippen LogP contribution in [-0.4, -0.2) is 50.5 Å². The summed E-state index contributed by atoms with van der Waals surface area (Å²) < 4.78 is 10.3. The largest absolute Gasteiger partial charge is 0.383 e. The van der Waals surface area contributed by atoms with Crippen molar-refractivity contribution in [2.24, 2.45) is 0 Å².